The van der Waals surface area contributed by atoms with E-state index in [1.807, 2.05) is 0 Å². The zero-order chi connectivity index (χ0) is 19.6. The predicted octanol–water partition coefficient (Wildman–Crippen LogP) is 1.34. The third-order valence-electron chi connectivity index (χ3n) is 4.80. The lowest BCUT2D eigenvalue weighted by Crippen LogP contribution is -2.46. The molecular weight excluding hydrogens is 377 g/mol. The van der Waals surface area contributed by atoms with Gasteiger partial charge >= 0.3 is 12.1 Å². The van der Waals surface area contributed by atoms with Crippen LogP contribution in [0.4, 0.5) is 13.2 Å². The highest BCUT2D eigenvalue weighted by atomic mass is 32.2. The fourth-order valence-corrected chi connectivity index (χ4v) is 4.73. The van der Waals surface area contributed by atoms with Gasteiger partial charge in [-0.05, 0) is 45.6 Å². The summed E-state index contributed by atoms with van der Waals surface area (Å²) in [4.78, 5) is 11.2. The van der Waals surface area contributed by atoms with Crippen LogP contribution in [0.3, 0.4) is 0 Å². The molecule has 0 aromatic carbocycles. The number of carboxylic acid groups (broad SMARTS) is 1. The quantitative estimate of drug-likeness (QED) is 0.737. The third-order valence-corrected chi connectivity index (χ3v) is 6.72. The minimum absolute atomic E-state index is 0.0112. The molecule has 3 aliphatic rings. The van der Waals surface area contributed by atoms with Gasteiger partial charge in [0.25, 0.3) is 0 Å². The summed E-state index contributed by atoms with van der Waals surface area (Å²) in [5.74, 6) is -2.76. The first kappa shape index (κ1) is 21.4. The second kappa shape index (κ2) is 7.99. The van der Waals surface area contributed by atoms with Gasteiger partial charge in [0.1, 0.15) is 0 Å². The number of carboxylic acids is 1. The Bertz CT molecular complexity index is 605. The molecule has 2 heterocycles. The van der Waals surface area contributed by atoms with Gasteiger partial charge in [0, 0.05) is 19.6 Å². The molecule has 0 unspecified atom stereocenters. The Balaban J connectivity index is 0.000000298. The van der Waals surface area contributed by atoms with Gasteiger partial charge in [0.15, 0.2) is 0 Å². The molecule has 2 N–H and O–H groups in total. The van der Waals surface area contributed by atoms with Crippen LogP contribution in [0.5, 0.6) is 0 Å². The Hall–Kier alpha value is -0.910. The number of carbonyl (C=O) groups is 1. The minimum atomic E-state index is -5.08. The number of ether oxygens (including phenoxy) is 1. The SMILES string of the molecule is CN1CC[C@]2(CCC[C@H](CNS(=O)(=O)C3CC3)O2)C1.O=C(O)C(F)(F)F. The van der Waals surface area contributed by atoms with E-state index in [4.69, 9.17) is 14.6 Å². The van der Waals surface area contributed by atoms with Gasteiger partial charge in [-0.2, -0.15) is 13.2 Å². The Morgan fingerprint density at radius 3 is 2.38 bits per heavy atom. The summed E-state index contributed by atoms with van der Waals surface area (Å²) in [6, 6.07) is 0. The normalized spacial score (nSPS) is 30.1. The smallest absolute Gasteiger partial charge is 0.475 e. The number of aliphatic carboxylic acids is 1. The molecule has 7 nitrogen and oxygen atoms in total. The van der Waals surface area contributed by atoms with Crippen LogP contribution in [-0.2, 0) is 19.6 Å². The zero-order valence-electron chi connectivity index (χ0n) is 14.6. The largest absolute Gasteiger partial charge is 0.490 e. The number of likely N-dealkylation sites (N-methyl/N-ethyl adjacent to an activating group) is 1. The van der Waals surface area contributed by atoms with Crippen molar-refractivity contribution >= 4 is 16.0 Å². The highest BCUT2D eigenvalue weighted by molar-refractivity contribution is 7.90. The van der Waals surface area contributed by atoms with Crippen LogP contribution in [-0.4, -0.2) is 74.2 Å². The highest BCUT2D eigenvalue weighted by Gasteiger charge is 2.42. The van der Waals surface area contributed by atoms with Gasteiger partial charge in [0.05, 0.1) is 17.0 Å². The summed E-state index contributed by atoms with van der Waals surface area (Å²) < 4.78 is 64.4. The van der Waals surface area contributed by atoms with Crippen molar-refractivity contribution in [1.29, 1.82) is 0 Å². The summed E-state index contributed by atoms with van der Waals surface area (Å²) in [5.41, 5.74) is -0.0112. The van der Waals surface area contributed by atoms with E-state index >= 15 is 0 Å². The molecule has 0 aromatic heterocycles. The molecule has 1 aliphatic carbocycles. The van der Waals surface area contributed by atoms with Crippen molar-refractivity contribution in [1.82, 2.24) is 9.62 Å². The lowest BCUT2D eigenvalue weighted by molar-refractivity contribution is -0.192. The van der Waals surface area contributed by atoms with E-state index in [2.05, 4.69) is 16.7 Å². The molecule has 1 spiro atoms. The lowest BCUT2D eigenvalue weighted by Gasteiger charge is -2.38. The van der Waals surface area contributed by atoms with Crippen LogP contribution in [0.25, 0.3) is 0 Å². The van der Waals surface area contributed by atoms with Crippen molar-refractivity contribution in [3.05, 3.63) is 0 Å². The monoisotopic (exact) mass is 402 g/mol. The Morgan fingerprint density at radius 2 is 1.92 bits per heavy atom. The summed E-state index contributed by atoms with van der Waals surface area (Å²) in [6.07, 6.45) is 0.903. The number of halogens is 3. The fourth-order valence-electron chi connectivity index (χ4n) is 3.32. The van der Waals surface area contributed by atoms with E-state index in [0.29, 0.717) is 6.54 Å². The summed E-state index contributed by atoms with van der Waals surface area (Å²) in [6.45, 7) is 2.52. The van der Waals surface area contributed by atoms with Crippen molar-refractivity contribution in [3.8, 4) is 0 Å². The van der Waals surface area contributed by atoms with Crippen molar-refractivity contribution in [2.75, 3.05) is 26.7 Å². The van der Waals surface area contributed by atoms with E-state index in [1.54, 1.807) is 0 Å². The molecule has 0 aromatic rings. The molecule has 26 heavy (non-hydrogen) atoms. The van der Waals surface area contributed by atoms with Crippen LogP contribution in [0.2, 0.25) is 0 Å². The fraction of sp³-hybridized carbons (Fsp3) is 0.933. The van der Waals surface area contributed by atoms with Crippen molar-refractivity contribution in [3.63, 3.8) is 0 Å². The van der Waals surface area contributed by atoms with Crippen molar-refractivity contribution in [2.45, 2.75) is 61.7 Å². The van der Waals surface area contributed by atoms with Gasteiger partial charge in [-0.25, -0.2) is 17.9 Å². The number of rotatable bonds is 4. The first-order valence-corrected chi connectivity index (χ1v) is 10.1. The third kappa shape index (κ3) is 6.07. The van der Waals surface area contributed by atoms with E-state index in [9.17, 15) is 21.6 Å². The maximum Gasteiger partial charge on any atom is 0.490 e. The number of hydrogen-bond acceptors (Lipinski definition) is 5. The molecule has 0 amide bonds. The van der Waals surface area contributed by atoms with Gasteiger partial charge in [-0.3, -0.25) is 0 Å². The van der Waals surface area contributed by atoms with Crippen molar-refractivity contribution < 1.29 is 36.2 Å². The highest BCUT2D eigenvalue weighted by Crippen LogP contribution is 2.36. The van der Waals surface area contributed by atoms with Gasteiger partial charge < -0.3 is 14.7 Å². The Morgan fingerprint density at radius 1 is 1.31 bits per heavy atom. The van der Waals surface area contributed by atoms with E-state index in [-0.39, 0.29) is 17.0 Å². The molecule has 2 aliphatic heterocycles. The molecule has 1 saturated carbocycles. The molecule has 0 bridgehead atoms. The topological polar surface area (TPSA) is 95.9 Å². The first-order chi connectivity index (χ1) is 11.9. The molecule has 3 fully saturated rings. The van der Waals surface area contributed by atoms with Crippen molar-refractivity contribution in [2.24, 2.45) is 0 Å². The van der Waals surface area contributed by atoms with Crippen LogP contribution >= 0.6 is 0 Å². The second-order valence-corrected chi connectivity index (χ2v) is 9.24. The average molecular weight is 402 g/mol. The molecule has 2 atom stereocenters. The van der Waals surface area contributed by atoms with E-state index in [0.717, 1.165) is 51.6 Å². The number of likely N-dealkylation sites (tertiary alicyclic amines) is 1. The Labute approximate surface area is 150 Å². The molecule has 2 saturated heterocycles. The summed E-state index contributed by atoms with van der Waals surface area (Å²) >= 11 is 0. The number of nitrogens with zero attached hydrogens (tertiary/aromatic N) is 1. The average Bonchev–Trinajstić information content (AvgIpc) is 3.32. The summed E-state index contributed by atoms with van der Waals surface area (Å²) in [5, 5.41) is 6.99. The maximum absolute atomic E-state index is 11.8. The van der Waals surface area contributed by atoms with Gasteiger partial charge in [-0.15, -0.1) is 0 Å². The van der Waals surface area contributed by atoms with Crippen LogP contribution in [0.15, 0.2) is 0 Å². The Kier molecular flexibility index (Phi) is 6.57. The number of sulfonamides is 1. The maximum atomic E-state index is 11.8. The molecule has 0 radical (unpaired) electrons. The second-order valence-electron chi connectivity index (χ2n) is 7.20. The number of nitrogens with one attached hydrogen (secondary N) is 1. The van der Waals surface area contributed by atoms with E-state index < -0.39 is 22.2 Å². The zero-order valence-corrected chi connectivity index (χ0v) is 15.4. The van der Waals surface area contributed by atoms with Gasteiger partial charge in [0.2, 0.25) is 10.0 Å². The van der Waals surface area contributed by atoms with E-state index in [1.165, 1.54) is 0 Å². The lowest BCUT2D eigenvalue weighted by atomic mass is 9.90. The standard InChI is InChI=1S/C13H24N2O3S.C2HF3O2/c1-15-8-7-13(10-15)6-2-3-11(18-13)9-14-19(16,17)12-4-5-12;3-2(4,5)1(6)7/h11-12,14H,2-10H2,1H3;(H,6,7)/t11-,13-;/m1./s1. The first-order valence-electron chi connectivity index (χ1n) is 8.58. The van der Waals surface area contributed by atoms with Gasteiger partial charge in [-0.1, -0.05) is 0 Å². The number of alkyl halides is 3. The molecular formula is C15H25F3N2O5S. The predicted molar refractivity (Wildman–Crippen MR) is 87.2 cm³/mol. The van der Waals surface area contributed by atoms with Crippen LogP contribution in [0, 0.1) is 0 Å². The summed E-state index contributed by atoms with van der Waals surface area (Å²) in [7, 11) is -0.950. The molecule has 152 valence electrons. The van der Waals surface area contributed by atoms with Crippen LogP contribution in [0.1, 0.15) is 38.5 Å². The van der Waals surface area contributed by atoms with Crippen LogP contribution < -0.4 is 4.72 Å². The molecule has 11 heteroatoms. The number of hydrogen-bond donors (Lipinski definition) is 2. The molecule has 3 rings (SSSR count). The minimum Gasteiger partial charge on any atom is -0.475 e.